The Labute approximate surface area is 154 Å². The number of ether oxygens (including phenoxy) is 1. The molecule has 2 aromatic rings. The molecular weight excluding hydrogens is 364 g/mol. The van der Waals surface area contributed by atoms with Crippen LogP contribution < -0.4 is 15.4 Å². The number of rotatable bonds is 4. The van der Waals surface area contributed by atoms with E-state index in [0.717, 1.165) is 5.56 Å². The molecule has 2 aromatic carbocycles. The lowest BCUT2D eigenvalue weighted by Gasteiger charge is -2.15. The molecule has 1 amide bonds. The molecule has 0 radical (unpaired) electrons. The number of amides is 1. The lowest BCUT2D eigenvalue weighted by atomic mass is 10.1. The summed E-state index contributed by atoms with van der Waals surface area (Å²) in [4.78, 5) is 23.3. The van der Waals surface area contributed by atoms with E-state index < -0.39 is 11.9 Å². The van der Waals surface area contributed by atoms with Gasteiger partial charge in [0.25, 0.3) is 5.91 Å². The maximum absolute atomic E-state index is 12.2. The third-order valence-electron chi connectivity index (χ3n) is 3.28. The van der Waals surface area contributed by atoms with Crippen LogP contribution in [0.25, 0.3) is 0 Å². The molecule has 0 saturated carbocycles. The Balaban J connectivity index is 2.18. The molecule has 0 aliphatic heterocycles. The van der Waals surface area contributed by atoms with E-state index in [1.807, 2.05) is 19.1 Å². The first-order valence-corrected chi connectivity index (χ1v) is 7.90. The van der Waals surface area contributed by atoms with Crippen molar-refractivity contribution in [2.75, 3.05) is 12.4 Å². The van der Waals surface area contributed by atoms with Crippen LogP contribution in [0.3, 0.4) is 0 Å². The van der Waals surface area contributed by atoms with Crippen molar-refractivity contribution < 1.29 is 19.4 Å². The Morgan fingerprint density at radius 2 is 1.80 bits per heavy atom. The van der Waals surface area contributed by atoms with Gasteiger partial charge in [0.05, 0.1) is 23.4 Å². The van der Waals surface area contributed by atoms with E-state index in [2.05, 4.69) is 10.6 Å². The number of carbonyl (C=O) groups excluding carboxylic acids is 1. The fourth-order valence-electron chi connectivity index (χ4n) is 2.05. The first-order chi connectivity index (χ1) is 11.8. The minimum atomic E-state index is -1.15. The van der Waals surface area contributed by atoms with Gasteiger partial charge in [0.1, 0.15) is 0 Å². The van der Waals surface area contributed by atoms with Crippen LogP contribution in [0.5, 0.6) is 5.75 Å². The average molecular weight is 379 g/mol. The molecule has 0 unspecified atom stereocenters. The summed E-state index contributed by atoms with van der Waals surface area (Å²) >= 11 is 11.1. The van der Waals surface area contributed by atoms with Crippen LogP contribution in [0, 0.1) is 6.92 Å². The monoisotopic (exact) mass is 378 g/mol. The molecule has 0 aromatic heterocycles. The topological polar surface area (TPSA) is 87.7 Å². The van der Waals surface area contributed by atoms with E-state index >= 15 is 0 Å². The number of anilines is 1. The van der Waals surface area contributed by atoms with E-state index in [1.165, 1.54) is 19.2 Å². The highest BCUT2D eigenvalue weighted by Gasteiger charge is 2.16. The summed E-state index contributed by atoms with van der Waals surface area (Å²) in [5.41, 5.74) is 1.67. The van der Waals surface area contributed by atoms with E-state index in [-0.39, 0.29) is 27.1 Å². The minimum Gasteiger partial charge on any atom is -0.493 e. The van der Waals surface area contributed by atoms with E-state index in [0.29, 0.717) is 5.56 Å². The van der Waals surface area contributed by atoms with E-state index in [4.69, 9.17) is 33.7 Å². The van der Waals surface area contributed by atoms with Crippen molar-refractivity contribution in [3.63, 3.8) is 0 Å². The smallest absolute Gasteiger partial charge is 0.335 e. The largest absolute Gasteiger partial charge is 0.493 e. The standard InChI is InChI=1S/C17H15ClN2O4S/c1-9-3-5-10(6-4-9)15(21)20-17(25)19-13-8-11(16(22)23)7-12(18)14(13)24-2/h3-8H,1-2H3,(H,22,23)(H2,19,20,21,25). The Morgan fingerprint density at radius 3 is 2.36 bits per heavy atom. The van der Waals surface area contributed by atoms with Gasteiger partial charge >= 0.3 is 5.97 Å². The van der Waals surface area contributed by atoms with Crippen molar-refractivity contribution in [3.05, 3.63) is 58.1 Å². The molecule has 8 heteroatoms. The highest BCUT2D eigenvalue weighted by molar-refractivity contribution is 7.80. The van der Waals surface area contributed by atoms with Crippen LogP contribution in [0.2, 0.25) is 5.02 Å². The molecule has 0 aliphatic carbocycles. The fraction of sp³-hybridized carbons (Fsp3) is 0.118. The van der Waals surface area contributed by atoms with Gasteiger partial charge in [-0.3, -0.25) is 10.1 Å². The summed E-state index contributed by atoms with van der Waals surface area (Å²) < 4.78 is 5.15. The lowest BCUT2D eigenvalue weighted by molar-refractivity contribution is 0.0696. The van der Waals surface area contributed by atoms with Gasteiger partial charge in [-0.1, -0.05) is 29.3 Å². The number of hydrogen-bond donors (Lipinski definition) is 3. The molecule has 25 heavy (non-hydrogen) atoms. The molecule has 3 N–H and O–H groups in total. The van der Waals surface area contributed by atoms with Gasteiger partial charge in [-0.15, -0.1) is 0 Å². The number of aromatic carboxylic acids is 1. The number of nitrogens with one attached hydrogen (secondary N) is 2. The lowest BCUT2D eigenvalue weighted by Crippen LogP contribution is -2.34. The third-order valence-corrected chi connectivity index (χ3v) is 3.77. The van der Waals surface area contributed by atoms with Crippen molar-refractivity contribution in [1.82, 2.24) is 5.32 Å². The Morgan fingerprint density at radius 1 is 1.16 bits per heavy atom. The predicted molar refractivity (Wildman–Crippen MR) is 99.8 cm³/mol. The van der Waals surface area contributed by atoms with Crippen LogP contribution in [0.15, 0.2) is 36.4 Å². The maximum Gasteiger partial charge on any atom is 0.335 e. The number of carboxylic acid groups (broad SMARTS) is 1. The second-order valence-electron chi connectivity index (χ2n) is 5.12. The van der Waals surface area contributed by atoms with Crippen LogP contribution in [0.4, 0.5) is 5.69 Å². The van der Waals surface area contributed by atoms with Gasteiger partial charge in [0, 0.05) is 5.56 Å². The molecule has 0 heterocycles. The summed E-state index contributed by atoms with van der Waals surface area (Å²) in [7, 11) is 1.39. The van der Waals surface area contributed by atoms with Crippen molar-refractivity contribution in [2.45, 2.75) is 6.92 Å². The summed E-state index contributed by atoms with van der Waals surface area (Å²) in [5.74, 6) is -1.32. The first kappa shape index (κ1) is 18.7. The van der Waals surface area contributed by atoms with E-state index in [1.54, 1.807) is 12.1 Å². The SMILES string of the molecule is COc1c(Cl)cc(C(=O)O)cc1NC(=S)NC(=O)c1ccc(C)cc1. The normalized spacial score (nSPS) is 10.0. The first-order valence-electron chi connectivity index (χ1n) is 7.11. The second-order valence-corrected chi connectivity index (χ2v) is 5.93. The molecule has 0 saturated heterocycles. The zero-order chi connectivity index (χ0) is 18.6. The average Bonchev–Trinajstić information content (AvgIpc) is 2.54. The number of aryl methyl sites for hydroxylation is 1. The zero-order valence-electron chi connectivity index (χ0n) is 13.4. The molecule has 0 fully saturated rings. The second kappa shape index (κ2) is 7.96. The Hall–Kier alpha value is -2.64. The summed E-state index contributed by atoms with van der Waals surface area (Å²) in [6, 6.07) is 9.56. The van der Waals surface area contributed by atoms with Gasteiger partial charge in [0.2, 0.25) is 0 Å². The number of carboxylic acids is 1. The van der Waals surface area contributed by atoms with Gasteiger partial charge < -0.3 is 15.2 Å². The van der Waals surface area contributed by atoms with Crippen LogP contribution in [-0.2, 0) is 0 Å². The predicted octanol–water partition coefficient (Wildman–Crippen LogP) is 3.48. The van der Waals surface area contributed by atoms with Gasteiger partial charge in [-0.05, 0) is 43.4 Å². The highest BCUT2D eigenvalue weighted by Crippen LogP contribution is 2.34. The van der Waals surface area contributed by atoms with E-state index in [9.17, 15) is 9.59 Å². The quantitative estimate of drug-likeness (QED) is 0.706. The molecule has 0 atom stereocenters. The van der Waals surface area contributed by atoms with Gasteiger partial charge in [0.15, 0.2) is 10.9 Å². The number of halogens is 1. The molecule has 6 nitrogen and oxygen atoms in total. The molecular formula is C17H15ClN2O4S. The highest BCUT2D eigenvalue weighted by atomic mass is 35.5. The molecule has 2 rings (SSSR count). The van der Waals surface area contributed by atoms with Gasteiger partial charge in [-0.2, -0.15) is 0 Å². The van der Waals surface area contributed by atoms with Crippen LogP contribution >= 0.6 is 23.8 Å². The van der Waals surface area contributed by atoms with Crippen molar-refractivity contribution in [2.24, 2.45) is 0 Å². The van der Waals surface area contributed by atoms with Crippen molar-refractivity contribution in [1.29, 1.82) is 0 Å². The number of thiocarbonyl (C=S) groups is 1. The number of benzene rings is 2. The van der Waals surface area contributed by atoms with Crippen molar-refractivity contribution >= 4 is 46.5 Å². The molecule has 0 bridgehead atoms. The van der Waals surface area contributed by atoms with Gasteiger partial charge in [-0.25, -0.2) is 4.79 Å². The Kier molecular flexibility index (Phi) is 5.95. The number of methoxy groups -OCH3 is 1. The summed E-state index contributed by atoms with van der Waals surface area (Å²) in [6.07, 6.45) is 0. The number of carbonyl (C=O) groups is 2. The Bertz CT molecular complexity index is 837. The van der Waals surface area contributed by atoms with Crippen molar-refractivity contribution in [3.8, 4) is 5.75 Å². The molecule has 0 aliphatic rings. The fourth-order valence-corrected chi connectivity index (χ4v) is 2.55. The number of hydrogen-bond acceptors (Lipinski definition) is 4. The summed E-state index contributed by atoms with van der Waals surface area (Å²) in [5, 5.41) is 14.5. The van der Waals surface area contributed by atoms with Crippen LogP contribution in [-0.4, -0.2) is 29.2 Å². The summed E-state index contributed by atoms with van der Waals surface area (Å²) in [6.45, 7) is 1.92. The third kappa shape index (κ3) is 4.68. The zero-order valence-corrected chi connectivity index (χ0v) is 15.0. The minimum absolute atomic E-state index is 0.0116. The maximum atomic E-state index is 12.2. The van der Waals surface area contributed by atoms with Crippen LogP contribution in [0.1, 0.15) is 26.3 Å². The molecule has 0 spiro atoms. The molecule has 130 valence electrons.